The van der Waals surface area contributed by atoms with Crippen LogP contribution in [0, 0.1) is 5.92 Å². The maximum atomic E-state index is 5.00. The number of benzene rings is 1. The lowest BCUT2D eigenvalue weighted by Crippen LogP contribution is -2.48. The highest BCUT2D eigenvalue weighted by molar-refractivity contribution is 7.98. The van der Waals surface area contributed by atoms with Crippen molar-refractivity contribution in [2.24, 2.45) is 5.92 Å². The van der Waals surface area contributed by atoms with Crippen molar-refractivity contribution in [3.05, 3.63) is 42.2 Å². The number of hydrogen-bond acceptors (Lipinski definition) is 7. The van der Waals surface area contributed by atoms with Crippen molar-refractivity contribution >= 4 is 45.8 Å². The van der Waals surface area contributed by atoms with Gasteiger partial charge in [-0.25, -0.2) is 15.0 Å². The topological polar surface area (TPSA) is 57.2 Å². The number of nitrogens with one attached hydrogen (secondary N) is 1. The molecule has 33 heavy (non-hydrogen) atoms. The third-order valence-electron chi connectivity index (χ3n) is 6.76. The third-order valence-corrected chi connectivity index (χ3v) is 7.57. The van der Waals surface area contributed by atoms with Crippen LogP contribution in [-0.4, -0.2) is 53.1 Å². The number of anilines is 4. The van der Waals surface area contributed by atoms with Crippen molar-refractivity contribution < 1.29 is 0 Å². The number of pyridine rings is 1. The quantitative estimate of drug-likeness (QED) is 0.485. The Morgan fingerprint density at radius 3 is 2.64 bits per heavy atom. The predicted molar refractivity (Wildman–Crippen MR) is 141 cm³/mol. The Kier molecular flexibility index (Phi) is 6.58. The van der Waals surface area contributed by atoms with E-state index in [-0.39, 0.29) is 0 Å². The molecule has 1 aromatic carbocycles. The molecule has 174 valence electrons. The van der Waals surface area contributed by atoms with Gasteiger partial charge in [-0.1, -0.05) is 19.9 Å². The van der Waals surface area contributed by atoms with Crippen LogP contribution in [0.25, 0.3) is 10.9 Å². The Hall–Kier alpha value is -2.54. The molecule has 6 nitrogen and oxygen atoms in total. The lowest BCUT2D eigenvalue weighted by atomic mass is 9.96. The van der Waals surface area contributed by atoms with Gasteiger partial charge in [0.05, 0.1) is 5.52 Å². The van der Waals surface area contributed by atoms with Gasteiger partial charge in [0, 0.05) is 67.3 Å². The van der Waals surface area contributed by atoms with Crippen molar-refractivity contribution in [3.8, 4) is 0 Å². The lowest BCUT2D eigenvalue weighted by molar-refractivity contribution is 0.456. The van der Waals surface area contributed by atoms with Crippen LogP contribution in [-0.2, 0) is 0 Å². The van der Waals surface area contributed by atoms with Crippen LogP contribution in [0.5, 0.6) is 0 Å². The first-order valence-electron chi connectivity index (χ1n) is 12.1. The van der Waals surface area contributed by atoms with Crippen LogP contribution < -0.4 is 15.1 Å². The van der Waals surface area contributed by atoms with Gasteiger partial charge in [0.1, 0.15) is 5.82 Å². The number of aromatic nitrogens is 3. The molecule has 2 saturated heterocycles. The van der Waals surface area contributed by atoms with Gasteiger partial charge in [-0.2, -0.15) is 11.8 Å². The molecule has 0 bridgehead atoms. The van der Waals surface area contributed by atoms with Gasteiger partial charge in [-0.15, -0.1) is 0 Å². The molecule has 5 rings (SSSR count). The fraction of sp³-hybridized carbons (Fsp3) is 0.500. The van der Waals surface area contributed by atoms with Gasteiger partial charge in [-0.05, 0) is 54.9 Å². The average Bonchev–Trinajstić information content (AvgIpc) is 2.81. The fourth-order valence-electron chi connectivity index (χ4n) is 4.96. The van der Waals surface area contributed by atoms with Crippen LogP contribution in [0.2, 0.25) is 0 Å². The average molecular weight is 463 g/mol. The van der Waals surface area contributed by atoms with Gasteiger partial charge in [0.2, 0.25) is 5.95 Å². The summed E-state index contributed by atoms with van der Waals surface area (Å²) in [6.07, 6.45) is 9.86. The Bertz CT molecular complexity index is 1110. The van der Waals surface area contributed by atoms with Crippen LogP contribution in [0.1, 0.15) is 44.6 Å². The SMILES string of the molecule is CSCC1CN(c2ccc(C(C)C)c3nc(Nc4ccnc(N5CCCCC5)c4)ncc23)C1. The monoisotopic (exact) mass is 462 g/mol. The molecule has 0 amide bonds. The standard InChI is InChI=1S/C26H34N6S/c1-18(2)21-7-8-23(32-15-19(16-32)17-33-3)22-14-28-26(30-25(21)22)29-20-9-10-27-24(13-20)31-11-5-4-6-12-31/h7-10,13-14,18-19H,4-6,11-12,15-17H2,1-3H3,(H,27,28,29,30). The minimum absolute atomic E-state index is 0.400. The van der Waals surface area contributed by atoms with Gasteiger partial charge < -0.3 is 15.1 Å². The van der Waals surface area contributed by atoms with E-state index in [1.165, 1.54) is 36.3 Å². The van der Waals surface area contributed by atoms with Crippen molar-refractivity contribution in [3.63, 3.8) is 0 Å². The van der Waals surface area contributed by atoms with Crippen molar-refractivity contribution in [1.82, 2.24) is 15.0 Å². The van der Waals surface area contributed by atoms with Gasteiger partial charge >= 0.3 is 0 Å². The first-order chi connectivity index (χ1) is 16.1. The molecule has 1 N–H and O–H groups in total. The summed E-state index contributed by atoms with van der Waals surface area (Å²) in [6.45, 7) is 8.86. The summed E-state index contributed by atoms with van der Waals surface area (Å²) >= 11 is 1.94. The second kappa shape index (κ2) is 9.75. The minimum Gasteiger partial charge on any atom is -0.370 e. The zero-order valence-electron chi connectivity index (χ0n) is 19.9. The third kappa shape index (κ3) is 4.74. The van der Waals surface area contributed by atoms with Crippen molar-refractivity contribution in [1.29, 1.82) is 0 Å². The van der Waals surface area contributed by atoms with E-state index in [9.17, 15) is 0 Å². The van der Waals surface area contributed by atoms with E-state index in [2.05, 4.69) is 58.4 Å². The lowest BCUT2D eigenvalue weighted by Gasteiger charge is -2.41. The summed E-state index contributed by atoms with van der Waals surface area (Å²) in [4.78, 5) is 19.2. The Labute approximate surface area is 201 Å². The second-order valence-corrected chi connectivity index (χ2v) is 10.5. The van der Waals surface area contributed by atoms with E-state index in [4.69, 9.17) is 9.97 Å². The molecule has 2 aliphatic rings. The van der Waals surface area contributed by atoms with Crippen LogP contribution in [0.3, 0.4) is 0 Å². The number of piperidine rings is 1. The zero-order valence-corrected chi connectivity index (χ0v) is 20.7. The molecular weight excluding hydrogens is 428 g/mol. The van der Waals surface area contributed by atoms with Crippen molar-refractivity contribution in [2.75, 3.05) is 53.3 Å². The van der Waals surface area contributed by atoms with Gasteiger partial charge in [0.25, 0.3) is 0 Å². The van der Waals surface area contributed by atoms with E-state index in [1.54, 1.807) is 0 Å². The summed E-state index contributed by atoms with van der Waals surface area (Å²) in [7, 11) is 0. The number of nitrogens with zero attached hydrogens (tertiary/aromatic N) is 5. The van der Waals surface area contributed by atoms with E-state index in [0.717, 1.165) is 54.5 Å². The second-order valence-electron chi connectivity index (χ2n) is 9.59. The summed E-state index contributed by atoms with van der Waals surface area (Å²) in [5.41, 5.74) is 4.56. The normalized spacial score (nSPS) is 17.0. The number of rotatable bonds is 7. The molecule has 0 radical (unpaired) electrons. The number of thioether (sulfide) groups is 1. The molecule has 7 heteroatoms. The van der Waals surface area contributed by atoms with E-state index in [1.807, 2.05) is 30.2 Å². The fourth-order valence-corrected chi connectivity index (χ4v) is 5.64. The summed E-state index contributed by atoms with van der Waals surface area (Å²) < 4.78 is 0. The largest absolute Gasteiger partial charge is 0.370 e. The molecule has 3 aromatic rings. The first kappa shape index (κ1) is 22.3. The van der Waals surface area contributed by atoms with Crippen LogP contribution >= 0.6 is 11.8 Å². The maximum absolute atomic E-state index is 5.00. The molecule has 0 aliphatic carbocycles. The van der Waals surface area contributed by atoms with Crippen molar-refractivity contribution in [2.45, 2.75) is 39.0 Å². The molecule has 2 aromatic heterocycles. The highest BCUT2D eigenvalue weighted by Gasteiger charge is 2.28. The molecular formula is C26H34N6S. The smallest absolute Gasteiger partial charge is 0.227 e. The Morgan fingerprint density at radius 1 is 1.06 bits per heavy atom. The van der Waals surface area contributed by atoms with E-state index in [0.29, 0.717) is 11.9 Å². The van der Waals surface area contributed by atoms with Gasteiger partial charge in [-0.3, -0.25) is 0 Å². The summed E-state index contributed by atoms with van der Waals surface area (Å²) in [5, 5.41) is 4.59. The predicted octanol–water partition coefficient (Wildman–Crippen LogP) is 5.68. The van der Waals surface area contributed by atoms with Crippen LogP contribution in [0.15, 0.2) is 36.7 Å². The van der Waals surface area contributed by atoms with Gasteiger partial charge in [0.15, 0.2) is 0 Å². The summed E-state index contributed by atoms with van der Waals surface area (Å²) in [6, 6.07) is 8.62. The Balaban J connectivity index is 1.42. The molecule has 0 atom stereocenters. The van der Waals surface area contributed by atoms with Crippen LogP contribution in [0.4, 0.5) is 23.1 Å². The molecule has 4 heterocycles. The highest BCUT2D eigenvalue weighted by Crippen LogP contribution is 2.36. The highest BCUT2D eigenvalue weighted by atomic mass is 32.2. The zero-order chi connectivity index (χ0) is 22.8. The number of fused-ring (bicyclic) bond motifs is 1. The minimum atomic E-state index is 0.400. The van der Waals surface area contributed by atoms with E-state index < -0.39 is 0 Å². The molecule has 0 spiro atoms. The Morgan fingerprint density at radius 2 is 1.88 bits per heavy atom. The number of hydrogen-bond donors (Lipinski definition) is 1. The molecule has 0 unspecified atom stereocenters. The maximum Gasteiger partial charge on any atom is 0.227 e. The first-order valence-corrected chi connectivity index (χ1v) is 13.5. The molecule has 0 saturated carbocycles. The van der Waals surface area contributed by atoms with E-state index >= 15 is 0 Å². The molecule has 2 aliphatic heterocycles. The summed E-state index contributed by atoms with van der Waals surface area (Å²) in [5.74, 6) is 4.08. The molecule has 2 fully saturated rings.